The van der Waals surface area contributed by atoms with E-state index in [1.54, 1.807) is 29.3 Å². The van der Waals surface area contributed by atoms with Gasteiger partial charge >= 0.3 is 0 Å². The molecule has 1 atom stereocenters. The molecule has 8 nitrogen and oxygen atoms in total. The summed E-state index contributed by atoms with van der Waals surface area (Å²) in [6, 6.07) is 11.4. The normalized spacial score (nSPS) is 16.3. The Bertz CT molecular complexity index is 1160. The number of anilines is 1. The third kappa shape index (κ3) is 3.40. The van der Waals surface area contributed by atoms with Crippen LogP contribution in [0.2, 0.25) is 0 Å². The van der Waals surface area contributed by atoms with Gasteiger partial charge in [-0.3, -0.25) is 9.78 Å². The second-order valence-corrected chi connectivity index (χ2v) is 6.98. The van der Waals surface area contributed by atoms with E-state index in [1.165, 1.54) is 0 Å². The number of aromatic nitrogens is 5. The van der Waals surface area contributed by atoms with Gasteiger partial charge in [-0.2, -0.15) is 5.10 Å². The molecule has 1 aliphatic heterocycles. The van der Waals surface area contributed by atoms with Crippen molar-refractivity contribution in [2.24, 2.45) is 0 Å². The quantitative estimate of drug-likeness (QED) is 0.579. The lowest BCUT2D eigenvalue weighted by atomic mass is 10.2. The molecular formula is C21H19N7O. The van der Waals surface area contributed by atoms with Crippen LogP contribution in [0, 0.1) is 0 Å². The smallest absolute Gasteiger partial charge is 0.255 e. The molecule has 1 fully saturated rings. The molecule has 0 radical (unpaired) electrons. The zero-order valence-corrected chi connectivity index (χ0v) is 15.6. The molecule has 1 aliphatic rings. The van der Waals surface area contributed by atoms with E-state index in [4.69, 9.17) is 0 Å². The number of pyridine rings is 2. The molecule has 0 spiro atoms. The SMILES string of the molecule is O=C(NC1CCN(c2nccc(-c3cccnc3)n2)C1)c1cnn2ccccc12. The van der Waals surface area contributed by atoms with Crippen LogP contribution in [0.15, 0.2) is 67.4 Å². The molecule has 0 bridgehead atoms. The number of amides is 1. The molecule has 144 valence electrons. The summed E-state index contributed by atoms with van der Waals surface area (Å²) in [5.74, 6) is 0.558. The van der Waals surface area contributed by atoms with Crippen LogP contribution in [-0.4, -0.2) is 49.6 Å². The number of nitrogens with one attached hydrogen (secondary N) is 1. The van der Waals surface area contributed by atoms with Crippen molar-refractivity contribution < 1.29 is 4.79 Å². The lowest BCUT2D eigenvalue weighted by Crippen LogP contribution is -2.37. The molecule has 1 saturated heterocycles. The van der Waals surface area contributed by atoms with Crippen molar-refractivity contribution in [1.29, 1.82) is 0 Å². The van der Waals surface area contributed by atoms with E-state index in [1.807, 2.05) is 42.6 Å². The van der Waals surface area contributed by atoms with Gasteiger partial charge in [-0.15, -0.1) is 0 Å². The lowest BCUT2D eigenvalue weighted by molar-refractivity contribution is 0.0942. The minimum Gasteiger partial charge on any atom is -0.347 e. The summed E-state index contributed by atoms with van der Waals surface area (Å²) < 4.78 is 1.70. The summed E-state index contributed by atoms with van der Waals surface area (Å²) in [6.45, 7) is 1.46. The number of rotatable bonds is 4. The van der Waals surface area contributed by atoms with Gasteiger partial charge in [0.05, 0.1) is 23.0 Å². The Balaban J connectivity index is 1.29. The van der Waals surface area contributed by atoms with Crippen molar-refractivity contribution >= 4 is 17.4 Å². The van der Waals surface area contributed by atoms with Crippen LogP contribution >= 0.6 is 0 Å². The molecule has 4 aromatic rings. The number of fused-ring (bicyclic) bond motifs is 1. The summed E-state index contributed by atoms with van der Waals surface area (Å²) in [4.78, 5) is 28.1. The molecule has 0 aromatic carbocycles. The largest absolute Gasteiger partial charge is 0.347 e. The van der Waals surface area contributed by atoms with Gasteiger partial charge in [-0.25, -0.2) is 14.5 Å². The van der Waals surface area contributed by atoms with E-state index in [0.29, 0.717) is 18.1 Å². The molecule has 5 rings (SSSR count). The monoisotopic (exact) mass is 385 g/mol. The van der Waals surface area contributed by atoms with Gasteiger partial charge < -0.3 is 10.2 Å². The van der Waals surface area contributed by atoms with Gasteiger partial charge in [0.15, 0.2) is 0 Å². The van der Waals surface area contributed by atoms with Crippen LogP contribution in [0.1, 0.15) is 16.8 Å². The third-order valence-corrected chi connectivity index (χ3v) is 5.08. The molecule has 1 N–H and O–H groups in total. The van der Waals surface area contributed by atoms with Gasteiger partial charge in [0.1, 0.15) is 0 Å². The highest BCUT2D eigenvalue weighted by molar-refractivity contribution is 6.00. The molecule has 5 heterocycles. The molecular weight excluding hydrogens is 366 g/mol. The summed E-state index contributed by atoms with van der Waals surface area (Å²) in [7, 11) is 0. The maximum Gasteiger partial charge on any atom is 0.255 e. The van der Waals surface area contributed by atoms with Crippen molar-refractivity contribution in [2.75, 3.05) is 18.0 Å². The first-order chi connectivity index (χ1) is 14.3. The summed E-state index contributed by atoms with van der Waals surface area (Å²) in [5.41, 5.74) is 3.17. The zero-order valence-electron chi connectivity index (χ0n) is 15.6. The van der Waals surface area contributed by atoms with E-state index in [-0.39, 0.29) is 11.9 Å². The third-order valence-electron chi connectivity index (χ3n) is 5.08. The summed E-state index contributed by atoms with van der Waals surface area (Å²) in [6.07, 6.45) is 9.56. The Labute approximate surface area is 167 Å². The average Bonchev–Trinajstić information content (AvgIpc) is 3.42. The van der Waals surface area contributed by atoms with E-state index < -0.39 is 0 Å². The minimum atomic E-state index is -0.108. The predicted octanol–water partition coefficient (Wildman–Crippen LogP) is 2.19. The highest BCUT2D eigenvalue weighted by atomic mass is 16.1. The Kier molecular flexibility index (Phi) is 4.36. The Morgan fingerprint density at radius 2 is 2.07 bits per heavy atom. The van der Waals surface area contributed by atoms with Crippen molar-refractivity contribution in [2.45, 2.75) is 12.5 Å². The first kappa shape index (κ1) is 17.3. The van der Waals surface area contributed by atoms with Gasteiger partial charge in [0, 0.05) is 49.5 Å². The van der Waals surface area contributed by atoms with E-state index >= 15 is 0 Å². The average molecular weight is 385 g/mol. The van der Waals surface area contributed by atoms with Crippen LogP contribution in [0.3, 0.4) is 0 Å². The number of carbonyl (C=O) groups excluding carboxylic acids is 1. The van der Waals surface area contributed by atoms with Crippen molar-refractivity contribution in [3.63, 3.8) is 0 Å². The fourth-order valence-electron chi connectivity index (χ4n) is 3.61. The number of hydrogen-bond donors (Lipinski definition) is 1. The molecule has 0 aliphatic carbocycles. The number of hydrogen-bond acceptors (Lipinski definition) is 6. The Morgan fingerprint density at radius 1 is 1.10 bits per heavy atom. The second-order valence-electron chi connectivity index (χ2n) is 6.98. The van der Waals surface area contributed by atoms with Crippen LogP contribution in [0.5, 0.6) is 0 Å². The van der Waals surface area contributed by atoms with Crippen LogP contribution in [0.25, 0.3) is 16.8 Å². The Hall–Kier alpha value is -3.81. The van der Waals surface area contributed by atoms with Crippen LogP contribution < -0.4 is 10.2 Å². The van der Waals surface area contributed by atoms with Crippen molar-refractivity contribution in [3.05, 3.63) is 72.9 Å². The van der Waals surface area contributed by atoms with E-state index in [2.05, 4.69) is 30.3 Å². The van der Waals surface area contributed by atoms with Crippen molar-refractivity contribution in [1.82, 2.24) is 29.9 Å². The Morgan fingerprint density at radius 3 is 2.97 bits per heavy atom. The fraction of sp³-hybridized carbons (Fsp3) is 0.190. The van der Waals surface area contributed by atoms with Gasteiger partial charge in [-0.05, 0) is 36.8 Å². The van der Waals surface area contributed by atoms with Crippen LogP contribution in [0.4, 0.5) is 5.95 Å². The van der Waals surface area contributed by atoms with Gasteiger partial charge in [0.2, 0.25) is 5.95 Å². The maximum absolute atomic E-state index is 12.7. The van der Waals surface area contributed by atoms with E-state index in [0.717, 1.165) is 29.7 Å². The zero-order chi connectivity index (χ0) is 19.6. The molecule has 1 amide bonds. The summed E-state index contributed by atoms with van der Waals surface area (Å²) >= 11 is 0. The van der Waals surface area contributed by atoms with E-state index in [9.17, 15) is 4.79 Å². The number of nitrogens with zero attached hydrogens (tertiary/aromatic N) is 6. The summed E-state index contributed by atoms with van der Waals surface area (Å²) in [5, 5.41) is 7.36. The molecule has 29 heavy (non-hydrogen) atoms. The lowest BCUT2D eigenvalue weighted by Gasteiger charge is -2.17. The number of carbonyl (C=O) groups is 1. The highest BCUT2D eigenvalue weighted by Gasteiger charge is 2.27. The molecule has 0 saturated carbocycles. The second kappa shape index (κ2) is 7.31. The first-order valence-electron chi connectivity index (χ1n) is 9.49. The highest BCUT2D eigenvalue weighted by Crippen LogP contribution is 2.21. The van der Waals surface area contributed by atoms with Crippen LogP contribution in [-0.2, 0) is 0 Å². The predicted molar refractivity (Wildman–Crippen MR) is 109 cm³/mol. The first-order valence-corrected chi connectivity index (χ1v) is 9.49. The topological polar surface area (TPSA) is 88.3 Å². The molecule has 8 heteroatoms. The van der Waals surface area contributed by atoms with Gasteiger partial charge in [0.25, 0.3) is 5.91 Å². The van der Waals surface area contributed by atoms with Crippen molar-refractivity contribution in [3.8, 4) is 11.3 Å². The molecule has 1 unspecified atom stereocenters. The minimum absolute atomic E-state index is 0.0341. The maximum atomic E-state index is 12.7. The van der Waals surface area contributed by atoms with Gasteiger partial charge in [-0.1, -0.05) is 6.07 Å². The standard InChI is InChI=1S/C21H19N7O/c29-20(17-13-24-28-10-2-1-5-19(17)28)25-16-7-11-27(14-16)21-23-9-6-18(26-21)15-4-3-8-22-12-15/h1-6,8-10,12-13,16H,7,11,14H2,(H,25,29). The molecule has 4 aromatic heterocycles. The fourth-order valence-corrected chi connectivity index (χ4v) is 3.61.